The van der Waals surface area contributed by atoms with Gasteiger partial charge in [-0.2, -0.15) is 4.57 Å². The second-order valence-corrected chi connectivity index (χ2v) is 5.58. The SMILES string of the molecule is Cc1c2sccc2cc[n+]1CC(=O)c1ccc(F)cc1. The van der Waals surface area contributed by atoms with Gasteiger partial charge in [-0.05, 0) is 35.7 Å². The van der Waals surface area contributed by atoms with E-state index in [0.29, 0.717) is 5.56 Å². The van der Waals surface area contributed by atoms with E-state index >= 15 is 0 Å². The molecule has 3 rings (SSSR count). The minimum atomic E-state index is -0.328. The van der Waals surface area contributed by atoms with Crippen molar-refractivity contribution >= 4 is 27.2 Å². The fourth-order valence-electron chi connectivity index (χ4n) is 2.21. The average molecular weight is 286 g/mol. The first-order chi connectivity index (χ1) is 9.65. The maximum absolute atomic E-state index is 12.9. The molecule has 0 saturated carbocycles. The molecule has 20 heavy (non-hydrogen) atoms. The number of hydrogen-bond acceptors (Lipinski definition) is 2. The van der Waals surface area contributed by atoms with Gasteiger partial charge in [0.1, 0.15) is 10.5 Å². The predicted octanol–water partition coefficient (Wildman–Crippen LogP) is 3.52. The highest BCUT2D eigenvalue weighted by Crippen LogP contribution is 2.21. The number of Topliss-reactive ketones (excluding diaryl/α,β-unsaturated/α-hetero) is 1. The molecule has 0 bridgehead atoms. The van der Waals surface area contributed by atoms with Gasteiger partial charge in [-0.3, -0.25) is 4.79 Å². The first-order valence-electron chi connectivity index (χ1n) is 6.30. The minimum absolute atomic E-state index is 0.0194. The van der Waals surface area contributed by atoms with Gasteiger partial charge >= 0.3 is 0 Å². The lowest BCUT2D eigenvalue weighted by molar-refractivity contribution is -0.687. The molecule has 0 saturated heterocycles. The molecule has 3 aromatic rings. The molecule has 2 aromatic heterocycles. The van der Waals surface area contributed by atoms with Crippen LogP contribution in [0.1, 0.15) is 16.1 Å². The Hall–Kier alpha value is -2.07. The maximum Gasteiger partial charge on any atom is 0.227 e. The van der Waals surface area contributed by atoms with Crippen LogP contribution in [0, 0.1) is 12.7 Å². The topological polar surface area (TPSA) is 20.9 Å². The van der Waals surface area contributed by atoms with Crippen molar-refractivity contribution in [1.82, 2.24) is 0 Å². The number of benzene rings is 1. The quantitative estimate of drug-likeness (QED) is 0.533. The Morgan fingerprint density at radius 2 is 1.95 bits per heavy atom. The van der Waals surface area contributed by atoms with Crippen LogP contribution in [0.4, 0.5) is 4.39 Å². The molecule has 2 nitrogen and oxygen atoms in total. The Morgan fingerprint density at radius 1 is 1.20 bits per heavy atom. The molecule has 0 fully saturated rings. The van der Waals surface area contributed by atoms with Crippen molar-refractivity contribution in [2.45, 2.75) is 13.5 Å². The van der Waals surface area contributed by atoms with Crippen molar-refractivity contribution < 1.29 is 13.8 Å². The van der Waals surface area contributed by atoms with Crippen molar-refractivity contribution in [2.75, 3.05) is 0 Å². The number of hydrogen-bond donors (Lipinski definition) is 0. The van der Waals surface area contributed by atoms with Crippen molar-refractivity contribution in [2.24, 2.45) is 0 Å². The molecular formula is C16H13FNOS+. The van der Waals surface area contributed by atoms with Crippen LogP contribution < -0.4 is 4.57 Å². The Kier molecular flexibility index (Phi) is 3.32. The highest BCUT2D eigenvalue weighted by Gasteiger charge is 2.17. The van der Waals surface area contributed by atoms with Gasteiger partial charge < -0.3 is 0 Å². The monoisotopic (exact) mass is 286 g/mol. The van der Waals surface area contributed by atoms with Gasteiger partial charge in [-0.15, -0.1) is 11.3 Å². The van der Waals surface area contributed by atoms with Gasteiger partial charge in [-0.25, -0.2) is 4.39 Å². The molecule has 100 valence electrons. The smallest absolute Gasteiger partial charge is 0.227 e. The normalized spacial score (nSPS) is 10.9. The summed E-state index contributed by atoms with van der Waals surface area (Å²) in [6.45, 7) is 2.28. The maximum atomic E-state index is 12.9. The van der Waals surface area contributed by atoms with E-state index in [9.17, 15) is 9.18 Å². The zero-order chi connectivity index (χ0) is 14.1. The Labute approximate surface area is 120 Å². The van der Waals surface area contributed by atoms with E-state index < -0.39 is 0 Å². The van der Waals surface area contributed by atoms with Crippen molar-refractivity contribution in [3.63, 3.8) is 0 Å². The van der Waals surface area contributed by atoms with Crippen LogP contribution in [0.15, 0.2) is 48.0 Å². The highest BCUT2D eigenvalue weighted by atomic mass is 32.1. The second kappa shape index (κ2) is 5.13. The number of pyridine rings is 1. The van der Waals surface area contributed by atoms with Gasteiger partial charge in [0.2, 0.25) is 12.3 Å². The van der Waals surface area contributed by atoms with E-state index in [-0.39, 0.29) is 18.1 Å². The van der Waals surface area contributed by atoms with Crippen LogP contribution >= 0.6 is 11.3 Å². The molecule has 1 aromatic carbocycles. The summed E-state index contributed by atoms with van der Waals surface area (Å²) >= 11 is 1.67. The summed E-state index contributed by atoms with van der Waals surface area (Å²) in [4.78, 5) is 12.2. The molecule has 0 radical (unpaired) electrons. The second-order valence-electron chi connectivity index (χ2n) is 4.66. The van der Waals surface area contributed by atoms with Crippen LogP contribution in [0.5, 0.6) is 0 Å². The number of fused-ring (bicyclic) bond motifs is 1. The number of nitrogens with zero attached hydrogens (tertiary/aromatic N) is 1. The van der Waals surface area contributed by atoms with Crippen LogP contribution in [0.2, 0.25) is 0 Å². The molecule has 2 heterocycles. The van der Waals surface area contributed by atoms with Crippen molar-refractivity contribution in [3.8, 4) is 0 Å². The zero-order valence-electron chi connectivity index (χ0n) is 11.0. The van der Waals surface area contributed by atoms with Crippen LogP contribution in [0.25, 0.3) is 10.1 Å². The third kappa shape index (κ3) is 2.34. The van der Waals surface area contributed by atoms with Gasteiger partial charge in [0.05, 0.1) is 0 Å². The van der Waals surface area contributed by atoms with Gasteiger partial charge in [-0.1, -0.05) is 0 Å². The van der Waals surface area contributed by atoms with Crippen LogP contribution in [0.3, 0.4) is 0 Å². The molecule has 0 aliphatic heterocycles. The largest absolute Gasteiger partial charge is 0.287 e. The summed E-state index contributed by atoms with van der Waals surface area (Å²) < 4.78 is 16.0. The summed E-state index contributed by atoms with van der Waals surface area (Å²) in [6, 6.07) is 9.75. The number of ketones is 1. The molecule has 0 spiro atoms. The molecule has 0 atom stereocenters. The lowest BCUT2D eigenvalue weighted by atomic mass is 10.1. The van der Waals surface area contributed by atoms with Crippen LogP contribution in [-0.4, -0.2) is 5.78 Å². The summed E-state index contributed by atoms with van der Waals surface area (Å²) in [6.07, 6.45) is 1.92. The molecule has 0 N–H and O–H groups in total. The number of rotatable bonds is 3. The van der Waals surface area contributed by atoms with Gasteiger partial charge in [0, 0.05) is 23.9 Å². The third-order valence-corrected chi connectivity index (χ3v) is 4.41. The van der Waals surface area contributed by atoms with Crippen molar-refractivity contribution in [1.29, 1.82) is 0 Å². The lowest BCUT2D eigenvalue weighted by Gasteiger charge is -2.02. The standard InChI is InChI=1S/C16H13FNOS/c1-11-16-13(7-9-20-16)6-8-18(11)10-15(19)12-2-4-14(17)5-3-12/h2-9H,10H2,1H3/q+1. The van der Waals surface area contributed by atoms with Crippen LogP contribution in [-0.2, 0) is 6.54 Å². The highest BCUT2D eigenvalue weighted by molar-refractivity contribution is 7.17. The van der Waals surface area contributed by atoms with E-state index in [1.165, 1.54) is 34.4 Å². The molecule has 0 aliphatic rings. The molecule has 0 amide bonds. The number of aromatic nitrogens is 1. The third-order valence-electron chi connectivity index (χ3n) is 3.37. The predicted molar refractivity (Wildman–Crippen MR) is 77.5 cm³/mol. The molecule has 0 aliphatic carbocycles. The van der Waals surface area contributed by atoms with E-state index in [1.807, 2.05) is 29.1 Å². The summed E-state index contributed by atoms with van der Waals surface area (Å²) in [7, 11) is 0. The number of carbonyl (C=O) groups is 1. The summed E-state index contributed by atoms with van der Waals surface area (Å²) in [5, 5.41) is 3.24. The summed E-state index contributed by atoms with van der Waals surface area (Å²) in [5.74, 6) is -0.348. The van der Waals surface area contributed by atoms with Crippen molar-refractivity contribution in [3.05, 3.63) is 65.0 Å². The number of aryl methyl sites for hydroxylation is 1. The Balaban J connectivity index is 1.90. The van der Waals surface area contributed by atoms with Gasteiger partial charge in [0.15, 0.2) is 11.9 Å². The fraction of sp³-hybridized carbons (Fsp3) is 0.125. The first-order valence-corrected chi connectivity index (χ1v) is 7.18. The van der Waals surface area contributed by atoms with E-state index in [1.54, 1.807) is 11.3 Å². The number of halogens is 1. The first kappa shape index (κ1) is 12.9. The summed E-state index contributed by atoms with van der Waals surface area (Å²) in [5.41, 5.74) is 1.61. The fourth-order valence-corrected chi connectivity index (χ4v) is 3.12. The minimum Gasteiger partial charge on any atom is -0.287 e. The van der Waals surface area contributed by atoms with E-state index in [0.717, 1.165) is 5.69 Å². The van der Waals surface area contributed by atoms with E-state index in [2.05, 4.69) is 6.07 Å². The lowest BCUT2D eigenvalue weighted by Crippen LogP contribution is -2.40. The zero-order valence-corrected chi connectivity index (χ0v) is 11.8. The Bertz CT molecular complexity index is 777. The number of carbonyl (C=O) groups excluding carboxylic acids is 1. The number of thiophene rings is 1. The van der Waals surface area contributed by atoms with E-state index in [4.69, 9.17) is 0 Å². The van der Waals surface area contributed by atoms with Gasteiger partial charge in [0.25, 0.3) is 0 Å². The Morgan fingerprint density at radius 3 is 2.70 bits per heavy atom. The molecule has 4 heteroatoms. The molecular weight excluding hydrogens is 273 g/mol. The average Bonchev–Trinajstić information content (AvgIpc) is 2.92. The molecule has 0 unspecified atom stereocenters.